The van der Waals surface area contributed by atoms with E-state index in [-0.39, 0.29) is 6.54 Å². The van der Waals surface area contributed by atoms with Crippen LogP contribution in [0.2, 0.25) is 0 Å². The Morgan fingerprint density at radius 1 is 1.32 bits per heavy atom. The third-order valence-corrected chi connectivity index (χ3v) is 2.53. The van der Waals surface area contributed by atoms with Crippen LogP contribution in [-0.4, -0.2) is 30.9 Å². The van der Waals surface area contributed by atoms with Crippen molar-refractivity contribution in [3.63, 3.8) is 0 Å². The minimum Gasteiger partial charge on any atom is -0.381 e. The molecule has 0 fully saturated rings. The maximum atomic E-state index is 11.8. The Kier molecular flexibility index (Phi) is 4.89. The number of anilines is 1. The van der Waals surface area contributed by atoms with E-state index in [4.69, 9.17) is 0 Å². The molecule has 0 radical (unpaired) electrons. The standard InChI is InChI=1S/C13H16N4O2/c1-10(18)17-13(8-14,12(19)15-2)9-16-11-6-4-3-5-7-11/h3-7,16H,9H2,1-2H3,(H,15,19)(H,17,18). The molecule has 0 aliphatic heterocycles. The fourth-order valence-corrected chi connectivity index (χ4v) is 1.60. The molecule has 0 bridgehead atoms. The van der Waals surface area contributed by atoms with E-state index in [1.54, 1.807) is 12.1 Å². The molecule has 2 amide bonds. The second kappa shape index (κ2) is 6.40. The maximum absolute atomic E-state index is 11.8. The van der Waals surface area contributed by atoms with Crippen LogP contribution in [0.4, 0.5) is 5.69 Å². The summed E-state index contributed by atoms with van der Waals surface area (Å²) in [6, 6.07) is 11.0. The molecule has 0 aliphatic carbocycles. The maximum Gasteiger partial charge on any atom is 0.262 e. The molecule has 19 heavy (non-hydrogen) atoms. The molecule has 6 nitrogen and oxygen atoms in total. The molecule has 0 heterocycles. The van der Waals surface area contributed by atoms with Gasteiger partial charge in [0.05, 0.1) is 6.54 Å². The van der Waals surface area contributed by atoms with Crippen molar-refractivity contribution in [2.45, 2.75) is 12.5 Å². The number of nitrogens with zero attached hydrogens (tertiary/aromatic N) is 1. The van der Waals surface area contributed by atoms with Crippen LogP contribution in [-0.2, 0) is 9.59 Å². The number of carbonyl (C=O) groups excluding carboxylic acids is 2. The largest absolute Gasteiger partial charge is 0.381 e. The van der Waals surface area contributed by atoms with Gasteiger partial charge in [0.15, 0.2) is 0 Å². The highest BCUT2D eigenvalue weighted by Gasteiger charge is 2.39. The Hall–Kier alpha value is -2.55. The molecule has 0 aromatic heterocycles. The number of benzene rings is 1. The van der Waals surface area contributed by atoms with Gasteiger partial charge in [0.1, 0.15) is 6.07 Å². The van der Waals surface area contributed by atoms with E-state index in [0.29, 0.717) is 0 Å². The van der Waals surface area contributed by atoms with E-state index in [1.165, 1.54) is 14.0 Å². The number of amides is 2. The molecule has 100 valence electrons. The SMILES string of the molecule is CNC(=O)C(C#N)(CNc1ccccc1)NC(C)=O. The summed E-state index contributed by atoms with van der Waals surface area (Å²) in [5, 5.41) is 17.0. The average Bonchev–Trinajstić information content (AvgIpc) is 2.43. The summed E-state index contributed by atoms with van der Waals surface area (Å²) in [6.07, 6.45) is 0. The zero-order valence-corrected chi connectivity index (χ0v) is 10.9. The number of nitrogens with one attached hydrogen (secondary N) is 3. The minimum atomic E-state index is -1.63. The topological polar surface area (TPSA) is 94.0 Å². The molecule has 1 aromatic carbocycles. The third kappa shape index (κ3) is 3.71. The number of likely N-dealkylation sites (N-methyl/N-ethyl adjacent to an activating group) is 1. The summed E-state index contributed by atoms with van der Waals surface area (Å²) in [4.78, 5) is 23.0. The first-order valence-electron chi connectivity index (χ1n) is 5.75. The van der Waals surface area contributed by atoms with Crippen LogP contribution in [0.15, 0.2) is 30.3 Å². The number of para-hydroxylation sites is 1. The second-order valence-corrected chi connectivity index (χ2v) is 4.00. The van der Waals surface area contributed by atoms with E-state index in [1.807, 2.05) is 24.3 Å². The van der Waals surface area contributed by atoms with Gasteiger partial charge < -0.3 is 16.0 Å². The summed E-state index contributed by atoms with van der Waals surface area (Å²) in [6.45, 7) is 1.24. The first-order chi connectivity index (χ1) is 9.04. The molecule has 1 unspecified atom stereocenters. The van der Waals surface area contributed by atoms with Crippen molar-refractivity contribution in [1.82, 2.24) is 10.6 Å². The number of hydrogen-bond donors (Lipinski definition) is 3. The van der Waals surface area contributed by atoms with Crippen LogP contribution >= 0.6 is 0 Å². The van der Waals surface area contributed by atoms with E-state index >= 15 is 0 Å². The lowest BCUT2D eigenvalue weighted by Gasteiger charge is -2.26. The van der Waals surface area contributed by atoms with Gasteiger partial charge in [-0.05, 0) is 12.1 Å². The zero-order valence-electron chi connectivity index (χ0n) is 10.9. The monoisotopic (exact) mass is 260 g/mol. The first-order valence-corrected chi connectivity index (χ1v) is 5.75. The molecule has 0 aliphatic rings. The summed E-state index contributed by atoms with van der Waals surface area (Å²) < 4.78 is 0. The van der Waals surface area contributed by atoms with Crippen LogP contribution in [0, 0.1) is 11.3 Å². The molecule has 1 rings (SSSR count). The molecule has 6 heteroatoms. The predicted molar refractivity (Wildman–Crippen MR) is 71.2 cm³/mol. The van der Waals surface area contributed by atoms with Crippen LogP contribution < -0.4 is 16.0 Å². The smallest absolute Gasteiger partial charge is 0.262 e. The van der Waals surface area contributed by atoms with Gasteiger partial charge in [0, 0.05) is 19.7 Å². The van der Waals surface area contributed by atoms with E-state index in [0.717, 1.165) is 5.69 Å². The quantitative estimate of drug-likeness (QED) is 0.707. The van der Waals surface area contributed by atoms with Crippen molar-refractivity contribution in [2.24, 2.45) is 0 Å². The summed E-state index contributed by atoms with van der Waals surface area (Å²) in [5.74, 6) is -1.01. The van der Waals surface area contributed by atoms with Gasteiger partial charge in [-0.25, -0.2) is 0 Å². The van der Waals surface area contributed by atoms with Gasteiger partial charge >= 0.3 is 0 Å². The Morgan fingerprint density at radius 2 is 1.95 bits per heavy atom. The van der Waals surface area contributed by atoms with Gasteiger partial charge in [-0.2, -0.15) is 5.26 Å². The van der Waals surface area contributed by atoms with Crippen molar-refractivity contribution in [2.75, 3.05) is 18.9 Å². The van der Waals surface area contributed by atoms with Crippen molar-refractivity contribution in [3.05, 3.63) is 30.3 Å². The third-order valence-electron chi connectivity index (χ3n) is 2.53. The number of nitriles is 1. The lowest BCUT2D eigenvalue weighted by Crippen LogP contribution is -2.60. The van der Waals surface area contributed by atoms with E-state index < -0.39 is 17.4 Å². The molecule has 0 spiro atoms. The average molecular weight is 260 g/mol. The van der Waals surface area contributed by atoms with Gasteiger partial charge in [-0.1, -0.05) is 18.2 Å². The van der Waals surface area contributed by atoms with Crippen LogP contribution in [0.25, 0.3) is 0 Å². The summed E-state index contributed by atoms with van der Waals surface area (Å²) in [7, 11) is 1.42. The molecule has 1 aromatic rings. The Morgan fingerprint density at radius 3 is 2.42 bits per heavy atom. The number of carbonyl (C=O) groups is 2. The van der Waals surface area contributed by atoms with Crippen molar-refractivity contribution >= 4 is 17.5 Å². The fraction of sp³-hybridized carbons (Fsp3) is 0.308. The summed E-state index contributed by atoms with van der Waals surface area (Å²) in [5.41, 5.74) is -0.868. The second-order valence-electron chi connectivity index (χ2n) is 4.00. The molecule has 1 atom stereocenters. The molecule has 0 saturated carbocycles. The van der Waals surface area contributed by atoms with Crippen LogP contribution in [0.3, 0.4) is 0 Å². The number of hydrogen-bond acceptors (Lipinski definition) is 4. The van der Waals surface area contributed by atoms with Crippen molar-refractivity contribution in [1.29, 1.82) is 5.26 Å². The fourth-order valence-electron chi connectivity index (χ4n) is 1.60. The van der Waals surface area contributed by atoms with Crippen LogP contribution in [0.5, 0.6) is 0 Å². The summed E-state index contributed by atoms with van der Waals surface area (Å²) >= 11 is 0. The Labute approximate surface area is 111 Å². The molecular formula is C13H16N4O2. The van der Waals surface area contributed by atoms with Crippen molar-refractivity contribution in [3.8, 4) is 6.07 Å². The van der Waals surface area contributed by atoms with Gasteiger partial charge in [0.2, 0.25) is 11.4 Å². The highest BCUT2D eigenvalue weighted by Crippen LogP contribution is 2.10. The highest BCUT2D eigenvalue weighted by molar-refractivity contribution is 5.94. The number of rotatable bonds is 5. The predicted octanol–water partition coefficient (Wildman–Crippen LogP) is 0.243. The molecule has 3 N–H and O–H groups in total. The van der Waals surface area contributed by atoms with Gasteiger partial charge in [-0.3, -0.25) is 9.59 Å². The van der Waals surface area contributed by atoms with Gasteiger partial charge in [0.25, 0.3) is 5.91 Å². The van der Waals surface area contributed by atoms with Gasteiger partial charge in [-0.15, -0.1) is 0 Å². The minimum absolute atomic E-state index is 0.0211. The normalized spacial score (nSPS) is 12.7. The van der Waals surface area contributed by atoms with E-state index in [2.05, 4.69) is 16.0 Å². The Bertz CT molecular complexity index is 495. The zero-order chi connectivity index (χ0) is 14.3. The lowest BCUT2D eigenvalue weighted by molar-refractivity contribution is -0.129. The van der Waals surface area contributed by atoms with Crippen LogP contribution in [0.1, 0.15) is 6.92 Å². The lowest BCUT2D eigenvalue weighted by atomic mass is 10.00. The first kappa shape index (κ1) is 14.5. The van der Waals surface area contributed by atoms with E-state index in [9.17, 15) is 14.9 Å². The molecular weight excluding hydrogens is 244 g/mol. The van der Waals surface area contributed by atoms with Crippen molar-refractivity contribution < 1.29 is 9.59 Å². The molecule has 0 saturated heterocycles. The highest BCUT2D eigenvalue weighted by atomic mass is 16.2. The Balaban J connectivity index is 2.88.